The fraction of sp³-hybridized carbons (Fsp3) is 0.227. The Kier molecular flexibility index (Phi) is 5.33. The smallest absolute Gasteiger partial charge is 0.253 e. The molecule has 1 aliphatic rings. The molecule has 3 heterocycles. The summed E-state index contributed by atoms with van der Waals surface area (Å²) in [7, 11) is 0. The van der Waals surface area contributed by atoms with Gasteiger partial charge in [-0.05, 0) is 65.0 Å². The number of ether oxygens (including phenoxy) is 1. The van der Waals surface area contributed by atoms with Gasteiger partial charge in [-0.3, -0.25) is 9.78 Å². The number of fused-ring (bicyclic) bond motifs is 1. The third-order valence-electron chi connectivity index (χ3n) is 5.14. The Balaban J connectivity index is 1.35. The number of amides is 1. The van der Waals surface area contributed by atoms with Gasteiger partial charge in [0.2, 0.25) is 5.88 Å². The van der Waals surface area contributed by atoms with Gasteiger partial charge in [-0.1, -0.05) is 11.3 Å². The summed E-state index contributed by atoms with van der Waals surface area (Å²) in [5, 5.41) is 11.5. The van der Waals surface area contributed by atoms with E-state index in [4.69, 9.17) is 4.74 Å². The third-order valence-corrected chi connectivity index (χ3v) is 5.90. The van der Waals surface area contributed by atoms with Gasteiger partial charge in [0.05, 0.1) is 15.6 Å². The van der Waals surface area contributed by atoms with Gasteiger partial charge in [-0.15, -0.1) is 5.10 Å². The van der Waals surface area contributed by atoms with E-state index in [1.165, 1.54) is 19.0 Å². The lowest BCUT2D eigenvalue weighted by atomic mass is 10.2. The van der Waals surface area contributed by atoms with Crippen LogP contribution in [0.5, 0.6) is 11.6 Å². The van der Waals surface area contributed by atoms with Crippen molar-refractivity contribution in [3.8, 4) is 11.6 Å². The Morgan fingerprint density at radius 2 is 2.06 bits per heavy atom. The van der Waals surface area contributed by atoms with E-state index in [1.807, 2.05) is 22.9 Å². The number of aromatic nitrogens is 5. The molecule has 0 saturated heterocycles. The Morgan fingerprint density at radius 3 is 2.87 bits per heavy atom. The van der Waals surface area contributed by atoms with Crippen molar-refractivity contribution in [1.29, 1.82) is 0 Å². The average molecular weight is 479 g/mol. The molecule has 31 heavy (non-hydrogen) atoms. The second-order valence-corrected chi connectivity index (χ2v) is 8.25. The molecule has 8 nitrogen and oxygen atoms in total. The molecule has 1 fully saturated rings. The minimum atomic E-state index is -0.210. The molecule has 0 unspecified atom stereocenters. The van der Waals surface area contributed by atoms with Gasteiger partial charge in [0.25, 0.3) is 5.91 Å². The second kappa shape index (κ2) is 8.43. The summed E-state index contributed by atoms with van der Waals surface area (Å²) in [4.78, 5) is 20.7. The topological polar surface area (TPSA) is 94.8 Å². The number of hydrogen-bond acceptors (Lipinski definition) is 6. The molecule has 0 spiro atoms. The Labute approximate surface area is 186 Å². The zero-order valence-corrected chi connectivity index (χ0v) is 18.1. The number of rotatable bonds is 7. The molecule has 1 aromatic carbocycles. The van der Waals surface area contributed by atoms with Crippen molar-refractivity contribution in [2.75, 3.05) is 0 Å². The fourth-order valence-corrected chi connectivity index (χ4v) is 3.77. The molecule has 3 aromatic heterocycles. The minimum absolute atomic E-state index is 0.210. The summed E-state index contributed by atoms with van der Waals surface area (Å²) >= 11 is 3.61. The first-order chi connectivity index (χ1) is 15.2. The molecule has 0 atom stereocenters. The SMILES string of the molecule is O=C(NCc1cccnc1Oc1ccc2c(nnn2CC2CC2)c1Br)c1cccnc1. The van der Waals surface area contributed by atoms with Gasteiger partial charge in [-0.2, -0.15) is 0 Å². The van der Waals surface area contributed by atoms with Crippen molar-refractivity contribution < 1.29 is 9.53 Å². The standard InChI is InChI=1S/C22H19BrN6O2/c23-19-18(8-7-17-20(19)27-28-29(17)13-14-5-6-14)31-22-16(4-2-10-25-22)12-26-21(30)15-3-1-9-24-11-15/h1-4,7-11,14H,5-6,12-13H2,(H,26,30). The number of carbonyl (C=O) groups excluding carboxylic acids is 1. The second-order valence-electron chi connectivity index (χ2n) is 7.45. The number of nitrogens with zero attached hydrogens (tertiary/aromatic N) is 5. The van der Waals surface area contributed by atoms with Crippen molar-refractivity contribution >= 4 is 32.9 Å². The Hall–Kier alpha value is -3.33. The van der Waals surface area contributed by atoms with Gasteiger partial charge in [0, 0.05) is 37.2 Å². The summed E-state index contributed by atoms with van der Waals surface area (Å²) in [6, 6.07) is 11.0. The van der Waals surface area contributed by atoms with Crippen molar-refractivity contribution in [3.05, 3.63) is 70.6 Å². The summed E-state index contributed by atoms with van der Waals surface area (Å²) in [6.07, 6.45) is 7.31. The number of nitrogens with one attached hydrogen (secondary N) is 1. The monoisotopic (exact) mass is 478 g/mol. The summed E-state index contributed by atoms with van der Waals surface area (Å²) < 4.78 is 8.76. The first-order valence-corrected chi connectivity index (χ1v) is 10.8. The normalized spacial score (nSPS) is 13.3. The average Bonchev–Trinajstić information content (AvgIpc) is 3.53. The van der Waals surface area contributed by atoms with Crippen LogP contribution in [0.1, 0.15) is 28.8 Å². The number of benzene rings is 1. The van der Waals surface area contributed by atoms with E-state index in [9.17, 15) is 4.79 Å². The lowest BCUT2D eigenvalue weighted by molar-refractivity contribution is 0.0950. The Morgan fingerprint density at radius 1 is 1.19 bits per heavy atom. The maximum Gasteiger partial charge on any atom is 0.253 e. The molecule has 1 saturated carbocycles. The van der Waals surface area contributed by atoms with Crippen LogP contribution < -0.4 is 10.1 Å². The summed E-state index contributed by atoms with van der Waals surface area (Å²) in [6.45, 7) is 1.17. The van der Waals surface area contributed by atoms with Crippen LogP contribution in [0.25, 0.3) is 11.0 Å². The first kappa shape index (κ1) is 19.6. The van der Waals surface area contributed by atoms with Crippen LogP contribution in [0.15, 0.2) is 59.5 Å². The third kappa shape index (κ3) is 4.27. The predicted molar refractivity (Wildman–Crippen MR) is 118 cm³/mol. The summed E-state index contributed by atoms with van der Waals surface area (Å²) in [5.74, 6) is 1.50. The van der Waals surface area contributed by atoms with E-state index in [1.54, 1.807) is 30.6 Å². The van der Waals surface area contributed by atoms with Crippen LogP contribution in [-0.2, 0) is 13.1 Å². The molecule has 0 radical (unpaired) electrons. The van der Waals surface area contributed by atoms with Gasteiger partial charge in [0.15, 0.2) is 0 Å². The zero-order chi connectivity index (χ0) is 21.2. The van der Waals surface area contributed by atoms with E-state index in [0.29, 0.717) is 23.1 Å². The summed E-state index contributed by atoms with van der Waals surface area (Å²) in [5.41, 5.74) is 2.97. The van der Waals surface area contributed by atoms with Crippen LogP contribution in [0.3, 0.4) is 0 Å². The van der Waals surface area contributed by atoms with Crippen LogP contribution in [0.2, 0.25) is 0 Å². The van der Waals surface area contributed by atoms with Crippen LogP contribution in [0.4, 0.5) is 0 Å². The molecular weight excluding hydrogens is 460 g/mol. The molecule has 0 aliphatic heterocycles. The highest BCUT2D eigenvalue weighted by atomic mass is 79.9. The number of carbonyl (C=O) groups is 1. The maximum atomic E-state index is 12.3. The highest BCUT2D eigenvalue weighted by Gasteiger charge is 2.24. The van der Waals surface area contributed by atoms with Crippen molar-refractivity contribution in [3.63, 3.8) is 0 Å². The fourth-order valence-electron chi connectivity index (χ4n) is 3.27. The highest BCUT2D eigenvalue weighted by molar-refractivity contribution is 9.10. The number of pyridine rings is 2. The zero-order valence-electron chi connectivity index (χ0n) is 16.5. The first-order valence-electron chi connectivity index (χ1n) is 10.0. The predicted octanol–water partition coefficient (Wildman–Crippen LogP) is 4.12. The molecule has 5 rings (SSSR count). The van der Waals surface area contributed by atoms with E-state index in [0.717, 1.165) is 27.6 Å². The number of halogens is 1. The molecule has 1 aliphatic carbocycles. The minimum Gasteiger partial charge on any atom is -0.437 e. The van der Waals surface area contributed by atoms with E-state index < -0.39 is 0 Å². The molecule has 0 bridgehead atoms. The van der Waals surface area contributed by atoms with Gasteiger partial charge in [-0.25, -0.2) is 9.67 Å². The number of hydrogen-bond donors (Lipinski definition) is 1. The lowest BCUT2D eigenvalue weighted by Gasteiger charge is -2.12. The van der Waals surface area contributed by atoms with Crippen LogP contribution in [0, 0.1) is 5.92 Å². The lowest BCUT2D eigenvalue weighted by Crippen LogP contribution is -2.23. The Bertz CT molecular complexity index is 1240. The quantitative estimate of drug-likeness (QED) is 0.429. The van der Waals surface area contributed by atoms with Crippen LogP contribution in [-0.4, -0.2) is 30.9 Å². The molecule has 1 N–H and O–H groups in total. The largest absolute Gasteiger partial charge is 0.437 e. The van der Waals surface area contributed by atoms with Gasteiger partial charge >= 0.3 is 0 Å². The molecule has 4 aromatic rings. The van der Waals surface area contributed by atoms with Crippen molar-refractivity contribution in [2.45, 2.75) is 25.9 Å². The van der Waals surface area contributed by atoms with Gasteiger partial charge in [0.1, 0.15) is 11.3 Å². The van der Waals surface area contributed by atoms with E-state index in [2.05, 4.69) is 41.5 Å². The molecular formula is C22H19BrN6O2. The maximum absolute atomic E-state index is 12.3. The highest BCUT2D eigenvalue weighted by Crippen LogP contribution is 2.36. The molecule has 1 amide bonds. The van der Waals surface area contributed by atoms with Crippen molar-refractivity contribution in [2.24, 2.45) is 5.92 Å². The molecule has 9 heteroatoms. The molecule has 156 valence electrons. The van der Waals surface area contributed by atoms with Gasteiger partial charge < -0.3 is 10.1 Å². The van der Waals surface area contributed by atoms with Crippen LogP contribution >= 0.6 is 15.9 Å². The van der Waals surface area contributed by atoms with E-state index >= 15 is 0 Å². The van der Waals surface area contributed by atoms with E-state index in [-0.39, 0.29) is 12.5 Å². The van der Waals surface area contributed by atoms with Crippen molar-refractivity contribution in [1.82, 2.24) is 30.3 Å².